The van der Waals surface area contributed by atoms with Crippen LogP contribution in [-0.4, -0.2) is 5.91 Å². The van der Waals surface area contributed by atoms with E-state index in [2.05, 4.69) is 47.8 Å². The summed E-state index contributed by atoms with van der Waals surface area (Å²) < 4.78 is 1.95. The molecule has 1 N–H and O–H groups in total. The maximum Gasteiger partial charge on any atom is 0.286 e. The second-order valence-electron chi connectivity index (χ2n) is 6.46. The lowest BCUT2D eigenvalue weighted by Crippen LogP contribution is -2.43. The second kappa shape index (κ2) is 6.44. The summed E-state index contributed by atoms with van der Waals surface area (Å²) in [5.41, 5.74) is 2.65. The van der Waals surface area contributed by atoms with E-state index in [-0.39, 0.29) is 11.9 Å². The average Bonchev–Trinajstić information content (AvgIpc) is 2.62. The first-order valence-electron chi connectivity index (χ1n) is 8.54. The zero-order valence-corrected chi connectivity index (χ0v) is 13.6. The third kappa shape index (κ3) is 3.02. The van der Waals surface area contributed by atoms with Gasteiger partial charge in [0.2, 0.25) is 6.54 Å². The lowest BCUT2D eigenvalue weighted by Gasteiger charge is -2.25. The largest absolute Gasteiger partial charge is 0.344 e. The quantitative estimate of drug-likeness (QED) is 0.739. The number of benzene rings is 2. The molecule has 1 atom stereocenters. The van der Waals surface area contributed by atoms with Crippen molar-refractivity contribution in [1.82, 2.24) is 5.32 Å². The number of pyridine rings is 1. The van der Waals surface area contributed by atoms with Gasteiger partial charge in [0.1, 0.15) is 0 Å². The van der Waals surface area contributed by atoms with E-state index in [4.69, 9.17) is 0 Å². The Labute approximate surface area is 141 Å². The van der Waals surface area contributed by atoms with Crippen molar-refractivity contribution < 1.29 is 9.36 Å². The van der Waals surface area contributed by atoms with E-state index in [1.807, 2.05) is 29.1 Å². The van der Waals surface area contributed by atoms with E-state index in [0.29, 0.717) is 6.54 Å². The molecule has 1 heterocycles. The first kappa shape index (κ1) is 14.9. The van der Waals surface area contributed by atoms with Gasteiger partial charge in [-0.3, -0.25) is 4.79 Å². The van der Waals surface area contributed by atoms with E-state index >= 15 is 0 Å². The highest BCUT2D eigenvalue weighted by Gasteiger charge is 2.22. The van der Waals surface area contributed by atoms with Crippen molar-refractivity contribution in [3.63, 3.8) is 0 Å². The summed E-state index contributed by atoms with van der Waals surface area (Å²) in [6, 6.07) is 18.8. The number of amides is 1. The molecule has 0 unspecified atom stereocenters. The molecule has 0 fully saturated rings. The van der Waals surface area contributed by atoms with Crippen molar-refractivity contribution in [1.29, 1.82) is 0 Å². The predicted octanol–water partition coefficient (Wildman–Crippen LogP) is 3.32. The minimum atomic E-state index is 0.0667. The molecule has 0 bridgehead atoms. The van der Waals surface area contributed by atoms with Gasteiger partial charge >= 0.3 is 0 Å². The molecule has 4 rings (SSSR count). The van der Waals surface area contributed by atoms with Gasteiger partial charge in [0, 0.05) is 11.5 Å². The summed E-state index contributed by atoms with van der Waals surface area (Å²) in [5, 5.41) is 5.55. The molecule has 3 aromatic rings. The Hall–Kier alpha value is -2.68. The summed E-state index contributed by atoms with van der Waals surface area (Å²) in [4.78, 5) is 12.5. The van der Waals surface area contributed by atoms with Crippen molar-refractivity contribution in [2.24, 2.45) is 0 Å². The van der Waals surface area contributed by atoms with Crippen LogP contribution >= 0.6 is 0 Å². The number of carbonyl (C=O) groups excluding carboxylic acids is 1. The lowest BCUT2D eigenvalue weighted by molar-refractivity contribution is -0.683. The maximum atomic E-state index is 12.5. The number of carbonyl (C=O) groups is 1. The highest BCUT2D eigenvalue weighted by atomic mass is 16.2. The topological polar surface area (TPSA) is 33.0 Å². The summed E-state index contributed by atoms with van der Waals surface area (Å²) in [6.45, 7) is 0.351. The number of nitrogens with one attached hydrogen (secondary N) is 1. The standard InChI is InChI=1S/C21H20N2O/c24-21(15-23-13-12-16-6-1-2-8-18(16)14-23)22-20-11-5-9-17-7-3-4-10-19(17)20/h1-4,6-8,10,12-14,20H,5,9,11,15H2/p+1/t20-/m1/s1. The number of fused-ring (bicyclic) bond motifs is 2. The minimum Gasteiger partial charge on any atom is -0.344 e. The van der Waals surface area contributed by atoms with Crippen molar-refractivity contribution in [2.45, 2.75) is 31.8 Å². The predicted molar refractivity (Wildman–Crippen MR) is 94.4 cm³/mol. The number of aryl methyl sites for hydroxylation is 1. The Balaban J connectivity index is 1.48. The molecule has 24 heavy (non-hydrogen) atoms. The molecular weight excluding hydrogens is 296 g/mol. The molecule has 1 aromatic heterocycles. The highest BCUT2D eigenvalue weighted by molar-refractivity contribution is 5.80. The number of rotatable bonds is 3. The van der Waals surface area contributed by atoms with Crippen LogP contribution in [0.2, 0.25) is 0 Å². The fourth-order valence-corrected chi connectivity index (χ4v) is 3.59. The normalized spacial score (nSPS) is 16.6. The molecule has 0 saturated carbocycles. The van der Waals surface area contributed by atoms with Crippen LogP contribution in [0.5, 0.6) is 0 Å². The Kier molecular flexibility index (Phi) is 3.99. The molecule has 3 heteroatoms. The first-order chi connectivity index (χ1) is 11.8. The fraction of sp³-hybridized carbons (Fsp3) is 0.238. The maximum absolute atomic E-state index is 12.5. The van der Waals surface area contributed by atoms with Crippen LogP contribution in [0.25, 0.3) is 10.8 Å². The Morgan fingerprint density at radius 2 is 1.83 bits per heavy atom. The van der Waals surface area contributed by atoms with Crippen LogP contribution in [0.1, 0.15) is 30.0 Å². The SMILES string of the molecule is O=C(C[n+]1ccc2ccccc2c1)N[C@@H]1CCCc2ccccc21. The summed E-state index contributed by atoms with van der Waals surface area (Å²) in [7, 11) is 0. The van der Waals surface area contributed by atoms with Crippen molar-refractivity contribution in [2.75, 3.05) is 0 Å². The molecule has 1 amide bonds. The van der Waals surface area contributed by atoms with E-state index in [0.717, 1.165) is 24.6 Å². The second-order valence-corrected chi connectivity index (χ2v) is 6.46. The third-order valence-electron chi connectivity index (χ3n) is 4.78. The van der Waals surface area contributed by atoms with Crippen molar-refractivity contribution in [3.8, 4) is 0 Å². The van der Waals surface area contributed by atoms with Gasteiger partial charge in [0.05, 0.1) is 6.04 Å². The molecular formula is C21H21N2O+. The number of hydrogen-bond donors (Lipinski definition) is 1. The number of aromatic nitrogens is 1. The minimum absolute atomic E-state index is 0.0667. The van der Waals surface area contributed by atoms with E-state index in [9.17, 15) is 4.79 Å². The Morgan fingerprint density at radius 3 is 2.75 bits per heavy atom. The van der Waals surface area contributed by atoms with Gasteiger partial charge in [-0.2, -0.15) is 4.57 Å². The van der Waals surface area contributed by atoms with Crippen molar-refractivity contribution in [3.05, 3.63) is 78.1 Å². The molecule has 1 aliphatic carbocycles. The monoisotopic (exact) mass is 317 g/mol. The van der Waals surface area contributed by atoms with Gasteiger partial charge in [0.15, 0.2) is 12.4 Å². The van der Waals surface area contributed by atoms with Crippen LogP contribution in [0, 0.1) is 0 Å². The van der Waals surface area contributed by atoms with Gasteiger partial charge in [-0.1, -0.05) is 42.5 Å². The van der Waals surface area contributed by atoms with Gasteiger partial charge in [-0.05, 0) is 41.8 Å². The summed E-state index contributed by atoms with van der Waals surface area (Å²) in [6.07, 6.45) is 7.26. The van der Waals surface area contributed by atoms with Crippen LogP contribution in [-0.2, 0) is 17.8 Å². The van der Waals surface area contributed by atoms with Crippen LogP contribution in [0.3, 0.4) is 0 Å². The van der Waals surface area contributed by atoms with E-state index in [1.54, 1.807) is 0 Å². The van der Waals surface area contributed by atoms with Gasteiger partial charge in [-0.15, -0.1) is 0 Å². The molecule has 0 aliphatic heterocycles. The lowest BCUT2D eigenvalue weighted by atomic mass is 9.88. The highest BCUT2D eigenvalue weighted by Crippen LogP contribution is 2.29. The smallest absolute Gasteiger partial charge is 0.286 e. The number of hydrogen-bond acceptors (Lipinski definition) is 1. The molecule has 0 saturated heterocycles. The Bertz CT molecular complexity index is 888. The summed E-state index contributed by atoms with van der Waals surface area (Å²) >= 11 is 0. The average molecular weight is 317 g/mol. The first-order valence-corrected chi connectivity index (χ1v) is 8.54. The molecule has 2 aromatic carbocycles. The fourth-order valence-electron chi connectivity index (χ4n) is 3.59. The zero-order valence-electron chi connectivity index (χ0n) is 13.6. The van der Waals surface area contributed by atoms with Gasteiger partial charge in [-0.25, -0.2) is 0 Å². The Morgan fingerprint density at radius 1 is 1.04 bits per heavy atom. The van der Waals surface area contributed by atoms with Crippen LogP contribution in [0.4, 0.5) is 0 Å². The molecule has 120 valence electrons. The van der Waals surface area contributed by atoms with E-state index < -0.39 is 0 Å². The molecule has 0 radical (unpaired) electrons. The number of nitrogens with zero attached hydrogens (tertiary/aromatic N) is 1. The molecule has 0 spiro atoms. The summed E-state index contributed by atoms with van der Waals surface area (Å²) in [5.74, 6) is 0.0667. The van der Waals surface area contributed by atoms with Crippen molar-refractivity contribution >= 4 is 16.7 Å². The van der Waals surface area contributed by atoms with Gasteiger partial charge < -0.3 is 5.32 Å². The van der Waals surface area contributed by atoms with Gasteiger partial charge in [0.25, 0.3) is 5.91 Å². The zero-order chi connectivity index (χ0) is 16.4. The van der Waals surface area contributed by atoms with E-state index in [1.165, 1.54) is 16.5 Å². The molecule has 3 nitrogen and oxygen atoms in total. The van der Waals surface area contributed by atoms with Crippen LogP contribution in [0.15, 0.2) is 67.0 Å². The third-order valence-corrected chi connectivity index (χ3v) is 4.78. The van der Waals surface area contributed by atoms with Crippen LogP contribution < -0.4 is 9.88 Å². The molecule has 1 aliphatic rings.